The topological polar surface area (TPSA) is 29.5 Å². The molecule has 13 aromatic rings. The summed E-state index contributed by atoms with van der Waals surface area (Å²) in [5.41, 5.74) is 11.4. The number of furan rings is 2. The molecule has 13 rings (SSSR count). The number of nitrogens with zero attached hydrogens (tertiary/aromatic N) is 1. The second kappa shape index (κ2) is 12.9. The average molecular weight is 784 g/mol. The van der Waals surface area contributed by atoms with Crippen molar-refractivity contribution in [2.45, 2.75) is 0 Å². The van der Waals surface area contributed by atoms with Gasteiger partial charge in [0, 0.05) is 70.1 Å². The van der Waals surface area contributed by atoms with Gasteiger partial charge in [0.05, 0.1) is 5.69 Å². The zero-order valence-electron chi connectivity index (χ0n) is 32.2. The van der Waals surface area contributed by atoms with E-state index in [4.69, 9.17) is 8.83 Å². The molecular formula is C56H33NO2S. The van der Waals surface area contributed by atoms with Crippen molar-refractivity contribution in [3.05, 3.63) is 200 Å². The summed E-state index contributed by atoms with van der Waals surface area (Å²) in [6.45, 7) is 0. The van der Waals surface area contributed by atoms with Gasteiger partial charge < -0.3 is 13.7 Å². The Morgan fingerprint density at radius 2 is 0.967 bits per heavy atom. The molecule has 0 spiro atoms. The van der Waals surface area contributed by atoms with Crippen molar-refractivity contribution >= 4 is 114 Å². The van der Waals surface area contributed by atoms with E-state index >= 15 is 0 Å². The van der Waals surface area contributed by atoms with Gasteiger partial charge in [-0.15, -0.1) is 11.3 Å². The molecule has 0 fully saturated rings. The lowest BCUT2D eigenvalue weighted by molar-refractivity contribution is 0.669. The fraction of sp³-hybridized carbons (Fsp3) is 0. The Labute approximate surface area is 348 Å². The van der Waals surface area contributed by atoms with Crippen LogP contribution in [0.15, 0.2) is 209 Å². The van der Waals surface area contributed by atoms with Crippen LogP contribution in [0.25, 0.3) is 108 Å². The van der Waals surface area contributed by atoms with Crippen molar-refractivity contribution in [2.24, 2.45) is 0 Å². The molecule has 3 aromatic heterocycles. The maximum atomic E-state index is 6.56. The molecule has 3 nitrogen and oxygen atoms in total. The first-order valence-corrected chi connectivity index (χ1v) is 21.1. The van der Waals surface area contributed by atoms with Crippen LogP contribution in [0.5, 0.6) is 0 Å². The highest BCUT2D eigenvalue weighted by Gasteiger charge is 2.21. The minimum atomic E-state index is 0.858. The summed E-state index contributed by atoms with van der Waals surface area (Å²) >= 11 is 1.87. The van der Waals surface area contributed by atoms with Gasteiger partial charge in [-0.05, 0) is 87.4 Å². The largest absolute Gasteiger partial charge is 0.456 e. The first-order chi connectivity index (χ1) is 29.7. The van der Waals surface area contributed by atoms with Gasteiger partial charge in [-0.2, -0.15) is 0 Å². The fourth-order valence-electron chi connectivity index (χ4n) is 9.47. The lowest BCUT2D eigenvalue weighted by Crippen LogP contribution is -2.10. The third-order valence-corrected chi connectivity index (χ3v) is 13.5. The van der Waals surface area contributed by atoms with Crippen molar-refractivity contribution in [1.82, 2.24) is 0 Å². The fourth-order valence-corrected chi connectivity index (χ4v) is 10.7. The van der Waals surface area contributed by atoms with E-state index in [0.717, 1.165) is 82.8 Å². The molecule has 60 heavy (non-hydrogen) atoms. The summed E-state index contributed by atoms with van der Waals surface area (Å²) < 4.78 is 15.7. The van der Waals surface area contributed by atoms with Crippen LogP contribution in [0.4, 0.5) is 17.1 Å². The van der Waals surface area contributed by atoms with Gasteiger partial charge in [-0.25, -0.2) is 0 Å². The van der Waals surface area contributed by atoms with E-state index in [-0.39, 0.29) is 0 Å². The summed E-state index contributed by atoms with van der Waals surface area (Å²) in [6, 6.07) is 72.0. The highest BCUT2D eigenvalue weighted by Crippen LogP contribution is 2.46. The molecule has 0 radical (unpaired) electrons. The van der Waals surface area contributed by atoms with E-state index in [1.807, 2.05) is 35.6 Å². The highest BCUT2D eigenvalue weighted by atomic mass is 32.1. The second-order valence-corrected chi connectivity index (χ2v) is 16.7. The minimum absolute atomic E-state index is 0.858. The highest BCUT2D eigenvalue weighted by molar-refractivity contribution is 7.26. The first kappa shape index (κ1) is 33.3. The number of hydrogen-bond donors (Lipinski definition) is 0. The average Bonchev–Trinajstić information content (AvgIpc) is 4.00. The molecule has 10 aromatic carbocycles. The molecule has 3 heterocycles. The summed E-state index contributed by atoms with van der Waals surface area (Å²) in [6.07, 6.45) is 0. The molecule has 0 unspecified atom stereocenters. The number of thiophene rings is 1. The molecule has 0 bridgehead atoms. The normalized spacial score (nSPS) is 12.0. The second-order valence-electron chi connectivity index (χ2n) is 15.6. The number of fused-ring (bicyclic) bond motifs is 11. The van der Waals surface area contributed by atoms with Gasteiger partial charge in [-0.3, -0.25) is 0 Å². The van der Waals surface area contributed by atoms with Crippen LogP contribution in [-0.4, -0.2) is 0 Å². The van der Waals surface area contributed by atoms with Gasteiger partial charge in [0.25, 0.3) is 0 Å². The Bertz CT molecular complexity index is 3870. The van der Waals surface area contributed by atoms with Crippen LogP contribution in [0.2, 0.25) is 0 Å². The van der Waals surface area contributed by atoms with Crippen LogP contribution in [-0.2, 0) is 0 Å². The van der Waals surface area contributed by atoms with Gasteiger partial charge >= 0.3 is 0 Å². The standard InChI is InChI=1S/C56H33NO2S/c1-2-12-42-40(11-1)41(47-17-10-18-48-44-14-4-7-21-52(44)59-55(47)48)29-30-50(42)57(38-27-28-45-43-13-3-6-20-51(43)58-53(45)33-38)37-26-25-34-31-36(24-23-35(34)32-37)39-16-9-19-49-46-15-5-8-22-54(46)60-56(39)49/h1-33H. The molecule has 0 aliphatic carbocycles. The Balaban J connectivity index is 0.996. The third kappa shape index (κ3) is 5.01. The summed E-state index contributed by atoms with van der Waals surface area (Å²) in [5, 5.41) is 11.8. The molecule has 280 valence electrons. The number of hydrogen-bond acceptors (Lipinski definition) is 4. The SMILES string of the molecule is c1ccc2c(c1)oc1cc(N(c3ccc4cc(-c5cccc6c5sc5ccccc56)ccc4c3)c3ccc(-c4cccc5c4oc4ccccc45)c4ccccc34)ccc12. The van der Waals surface area contributed by atoms with Gasteiger partial charge in [0.15, 0.2) is 0 Å². The Morgan fingerprint density at radius 3 is 1.83 bits per heavy atom. The van der Waals surface area contributed by atoms with Crippen LogP contribution >= 0.6 is 11.3 Å². The molecular weight excluding hydrogens is 751 g/mol. The van der Waals surface area contributed by atoms with E-state index in [1.54, 1.807) is 0 Å². The van der Waals surface area contributed by atoms with Crippen molar-refractivity contribution in [1.29, 1.82) is 0 Å². The monoisotopic (exact) mass is 783 g/mol. The lowest BCUT2D eigenvalue weighted by Gasteiger charge is -2.28. The molecule has 0 saturated heterocycles. The van der Waals surface area contributed by atoms with E-state index in [1.165, 1.54) is 42.1 Å². The van der Waals surface area contributed by atoms with Gasteiger partial charge in [0.2, 0.25) is 0 Å². The van der Waals surface area contributed by atoms with Crippen LogP contribution in [0.3, 0.4) is 0 Å². The molecule has 0 aliphatic heterocycles. The van der Waals surface area contributed by atoms with E-state index in [2.05, 4.69) is 181 Å². The predicted molar refractivity (Wildman–Crippen MR) is 254 cm³/mol. The first-order valence-electron chi connectivity index (χ1n) is 20.3. The lowest BCUT2D eigenvalue weighted by atomic mass is 9.95. The quantitative estimate of drug-likeness (QED) is 0.174. The Hall–Kier alpha value is -7.66. The van der Waals surface area contributed by atoms with E-state index in [9.17, 15) is 0 Å². The Kier molecular flexibility index (Phi) is 7.18. The molecule has 0 aliphatic rings. The maximum absolute atomic E-state index is 6.56. The van der Waals surface area contributed by atoms with Crippen LogP contribution in [0.1, 0.15) is 0 Å². The van der Waals surface area contributed by atoms with Crippen LogP contribution in [0, 0.1) is 0 Å². The van der Waals surface area contributed by atoms with Gasteiger partial charge in [0.1, 0.15) is 22.3 Å². The zero-order valence-corrected chi connectivity index (χ0v) is 33.0. The molecule has 0 N–H and O–H groups in total. The van der Waals surface area contributed by atoms with Crippen molar-refractivity contribution in [2.75, 3.05) is 4.90 Å². The Morgan fingerprint density at radius 1 is 0.350 bits per heavy atom. The number of anilines is 3. The minimum Gasteiger partial charge on any atom is -0.456 e. The number of benzene rings is 10. The molecule has 0 atom stereocenters. The summed E-state index contributed by atoms with van der Waals surface area (Å²) in [7, 11) is 0. The number of rotatable bonds is 5. The van der Waals surface area contributed by atoms with E-state index < -0.39 is 0 Å². The maximum Gasteiger partial charge on any atom is 0.143 e. The van der Waals surface area contributed by atoms with Crippen molar-refractivity contribution in [3.8, 4) is 22.3 Å². The zero-order chi connectivity index (χ0) is 39.3. The molecule has 0 amide bonds. The smallest absolute Gasteiger partial charge is 0.143 e. The van der Waals surface area contributed by atoms with E-state index in [0.29, 0.717) is 0 Å². The van der Waals surface area contributed by atoms with Crippen molar-refractivity contribution < 1.29 is 8.83 Å². The van der Waals surface area contributed by atoms with Gasteiger partial charge in [-0.1, -0.05) is 140 Å². The van der Waals surface area contributed by atoms with Crippen molar-refractivity contribution in [3.63, 3.8) is 0 Å². The predicted octanol–water partition coefficient (Wildman–Crippen LogP) is 17.0. The summed E-state index contributed by atoms with van der Waals surface area (Å²) in [5.74, 6) is 0. The molecule has 0 saturated carbocycles. The molecule has 4 heteroatoms. The third-order valence-electron chi connectivity index (χ3n) is 12.3. The summed E-state index contributed by atoms with van der Waals surface area (Å²) in [4.78, 5) is 2.38. The van der Waals surface area contributed by atoms with Crippen LogP contribution < -0.4 is 4.90 Å². The number of para-hydroxylation sites is 3.